The Morgan fingerprint density at radius 3 is 2.61 bits per heavy atom. The summed E-state index contributed by atoms with van der Waals surface area (Å²) in [6, 6.07) is 3.40. The van der Waals surface area contributed by atoms with Gasteiger partial charge in [0.25, 0.3) is 0 Å². The summed E-state index contributed by atoms with van der Waals surface area (Å²) in [5, 5.41) is 3.37. The quantitative estimate of drug-likeness (QED) is 0.517. The standard InChI is InChI=1S/C19H21N5O4/c1-5-24-11-14-15(23(24)4)7-13(19(26)27-6-2)8-16(14)28-18-10-20-17(9-21-18)22-12(3)25/h7-11H,5-6H2,1-4H3/p+1. The number of aryl methyl sites for hydroxylation is 2. The number of nitrogens with zero attached hydrogens (tertiary/aromatic N) is 4. The Balaban J connectivity index is 2.02. The second-order valence-electron chi connectivity index (χ2n) is 6.06. The zero-order valence-corrected chi connectivity index (χ0v) is 16.2. The monoisotopic (exact) mass is 384 g/mol. The van der Waals surface area contributed by atoms with Gasteiger partial charge in [-0.2, -0.15) is 4.68 Å². The molecule has 0 spiro atoms. The van der Waals surface area contributed by atoms with Crippen molar-refractivity contribution in [1.82, 2.24) is 14.6 Å². The predicted octanol–water partition coefficient (Wildman–Crippen LogP) is 2.20. The summed E-state index contributed by atoms with van der Waals surface area (Å²) in [4.78, 5) is 31.6. The van der Waals surface area contributed by atoms with Crippen LogP contribution in [-0.2, 0) is 23.1 Å². The molecule has 0 saturated heterocycles. The molecular weight excluding hydrogens is 362 g/mol. The Kier molecular flexibility index (Phi) is 5.53. The minimum atomic E-state index is -0.425. The van der Waals surface area contributed by atoms with Gasteiger partial charge in [0.05, 0.1) is 31.6 Å². The molecule has 0 fully saturated rings. The second kappa shape index (κ2) is 8.03. The van der Waals surface area contributed by atoms with Crippen LogP contribution in [0.25, 0.3) is 10.9 Å². The van der Waals surface area contributed by atoms with E-state index in [-0.39, 0.29) is 18.4 Å². The molecule has 146 valence electrons. The van der Waals surface area contributed by atoms with Crippen LogP contribution in [0.2, 0.25) is 0 Å². The number of fused-ring (bicyclic) bond motifs is 1. The van der Waals surface area contributed by atoms with Crippen molar-refractivity contribution < 1.29 is 23.7 Å². The number of ether oxygens (including phenoxy) is 2. The summed E-state index contributed by atoms with van der Waals surface area (Å²) >= 11 is 0. The van der Waals surface area contributed by atoms with E-state index in [0.717, 1.165) is 17.4 Å². The number of anilines is 1. The Bertz CT molecular complexity index is 1030. The van der Waals surface area contributed by atoms with Gasteiger partial charge in [0.2, 0.25) is 18.0 Å². The Morgan fingerprint density at radius 2 is 2.00 bits per heavy atom. The SMILES string of the molecule is CCOC(=O)c1cc(Oc2cnc(NC(C)=O)cn2)c2c[n+](CC)n(C)c2c1. The van der Waals surface area contributed by atoms with Gasteiger partial charge in [-0.1, -0.05) is 0 Å². The van der Waals surface area contributed by atoms with Crippen LogP contribution in [0.4, 0.5) is 5.82 Å². The Labute approximate surface area is 161 Å². The van der Waals surface area contributed by atoms with Gasteiger partial charge in [0, 0.05) is 6.92 Å². The molecule has 9 heteroatoms. The van der Waals surface area contributed by atoms with Crippen LogP contribution in [0.1, 0.15) is 31.1 Å². The van der Waals surface area contributed by atoms with Crippen molar-refractivity contribution in [2.75, 3.05) is 11.9 Å². The number of rotatable bonds is 6. The Morgan fingerprint density at radius 1 is 1.21 bits per heavy atom. The maximum atomic E-state index is 12.3. The lowest BCUT2D eigenvalue weighted by Gasteiger charge is -2.08. The van der Waals surface area contributed by atoms with Crippen LogP contribution in [0, 0.1) is 0 Å². The van der Waals surface area contributed by atoms with E-state index in [0.29, 0.717) is 17.1 Å². The second-order valence-corrected chi connectivity index (χ2v) is 6.06. The molecule has 0 aliphatic heterocycles. The van der Waals surface area contributed by atoms with Gasteiger partial charge < -0.3 is 14.8 Å². The molecule has 0 bridgehead atoms. The molecule has 28 heavy (non-hydrogen) atoms. The van der Waals surface area contributed by atoms with Gasteiger partial charge in [-0.15, -0.1) is 4.68 Å². The van der Waals surface area contributed by atoms with Crippen molar-refractivity contribution >= 4 is 28.6 Å². The molecule has 3 aromatic rings. The number of carbonyl (C=O) groups excluding carboxylic acids is 2. The van der Waals surface area contributed by atoms with E-state index in [9.17, 15) is 9.59 Å². The van der Waals surface area contributed by atoms with Crippen LogP contribution >= 0.6 is 0 Å². The van der Waals surface area contributed by atoms with Crippen LogP contribution in [0.3, 0.4) is 0 Å². The van der Waals surface area contributed by atoms with Crippen LogP contribution in [0.15, 0.2) is 30.7 Å². The Hall–Kier alpha value is -3.49. The minimum Gasteiger partial charge on any atom is -0.462 e. The smallest absolute Gasteiger partial charge is 0.338 e. The summed E-state index contributed by atoms with van der Waals surface area (Å²) < 4.78 is 15.0. The number of hydrogen-bond acceptors (Lipinski definition) is 6. The first-order valence-electron chi connectivity index (χ1n) is 8.90. The average Bonchev–Trinajstić information content (AvgIpc) is 2.99. The first-order valence-corrected chi connectivity index (χ1v) is 8.90. The minimum absolute atomic E-state index is 0.236. The number of benzene rings is 1. The third-order valence-corrected chi connectivity index (χ3v) is 4.11. The average molecular weight is 384 g/mol. The lowest BCUT2D eigenvalue weighted by Crippen LogP contribution is -2.39. The van der Waals surface area contributed by atoms with Crippen molar-refractivity contribution in [2.45, 2.75) is 27.3 Å². The largest absolute Gasteiger partial charge is 0.462 e. The van der Waals surface area contributed by atoms with E-state index in [1.807, 2.05) is 29.5 Å². The van der Waals surface area contributed by atoms with Crippen molar-refractivity contribution in [3.05, 3.63) is 36.3 Å². The highest BCUT2D eigenvalue weighted by atomic mass is 16.5. The first-order chi connectivity index (χ1) is 13.4. The molecule has 0 unspecified atom stereocenters. The fourth-order valence-corrected chi connectivity index (χ4v) is 2.83. The maximum Gasteiger partial charge on any atom is 0.338 e. The van der Waals surface area contributed by atoms with Crippen LogP contribution in [0.5, 0.6) is 11.6 Å². The number of nitrogens with one attached hydrogen (secondary N) is 1. The van der Waals surface area contributed by atoms with E-state index in [1.54, 1.807) is 19.1 Å². The number of esters is 1. The molecule has 1 amide bonds. The molecule has 0 radical (unpaired) electrons. The summed E-state index contributed by atoms with van der Waals surface area (Å²) in [6.45, 7) is 6.21. The molecule has 2 heterocycles. The summed E-state index contributed by atoms with van der Waals surface area (Å²) in [5.74, 6) is 0.368. The van der Waals surface area contributed by atoms with Gasteiger partial charge in [0.1, 0.15) is 16.7 Å². The molecule has 0 saturated carbocycles. The van der Waals surface area contributed by atoms with Crippen molar-refractivity contribution in [3.8, 4) is 11.6 Å². The number of aromatic nitrogens is 4. The lowest BCUT2D eigenvalue weighted by molar-refractivity contribution is -0.768. The van der Waals surface area contributed by atoms with E-state index in [1.165, 1.54) is 19.3 Å². The van der Waals surface area contributed by atoms with E-state index >= 15 is 0 Å². The highest BCUT2D eigenvalue weighted by molar-refractivity contribution is 5.97. The van der Waals surface area contributed by atoms with Crippen molar-refractivity contribution in [3.63, 3.8) is 0 Å². The highest BCUT2D eigenvalue weighted by Gasteiger charge is 2.20. The zero-order valence-electron chi connectivity index (χ0n) is 16.2. The predicted molar refractivity (Wildman–Crippen MR) is 101 cm³/mol. The molecule has 1 N–H and O–H groups in total. The summed E-state index contributed by atoms with van der Waals surface area (Å²) in [5.41, 5.74) is 1.21. The van der Waals surface area contributed by atoms with Crippen molar-refractivity contribution in [1.29, 1.82) is 0 Å². The van der Waals surface area contributed by atoms with E-state index < -0.39 is 5.97 Å². The number of amides is 1. The molecular formula is C19H22N5O4+. The summed E-state index contributed by atoms with van der Waals surface area (Å²) in [7, 11) is 1.91. The topological polar surface area (TPSA) is 99.2 Å². The molecule has 9 nitrogen and oxygen atoms in total. The molecule has 1 aromatic carbocycles. The molecule has 0 aliphatic rings. The molecule has 0 atom stereocenters. The van der Waals surface area contributed by atoms with Gasteiger partial charge >= 0.3 is 5.97 Å². The van der Waals surface area contributed by atoms with Gasteiger partial charge in [-0.05, 0) is 26.0 Å². The van der Waals surface area contributed by atoms with Crippen molar-refractivity contribution in [2.24, 2.45) is 7.05 Å². The fourth-order valence-electron chi connectivity index (χ4n) is 2.83. The molecule has 3 rings (SSSR count). The van der Waals surface area contributed by atoms with Gasteiger partial charge in [-0.25, -0.2) is 14.8 Å². The number of carbonyl (C=O) groups is 2. The first kappa shape index (κ1) is 19.3. The summed E-state index contributed by atoms with van der Waals surface area (Å²) in [6.07, 6.45) is 4.75. The molecule has 0 aliphatic carbocycles. The fraction of sp³-hybridized carbons (Fsp3) is 0.316. The van der Waals surface area contributed by atoms with Crippen LogP contribution < -0.4 is 14.7 Å². The normalized spacial score (nSPS) is 10.7. The third kappa shape index (κ3) is 3.93. The molecule has 2 aromatic heterocycles. The van der Waals surface area contributed by atoms with Crippen LogP contribution in [-0.4, -0.2) is 33.1 Å². The third-order valence-electron chi connectivity index (χ3n) is 4.11. The zero-order chi connectivity index (χ0) is 20.3. The van der Waals surface area contributed by atoms with E-state index in [4.69, 9.17) is 9.47 Å². The maximum absolute atomic E-state index is 12.3. The van der Waals surface area contributed by atoms with E-state index in [2.05, 4.69) is 15.3 Å². The number of hydrogen-bond donors (Lipinski definition) is 1. The van der Waals surface area contributed by atoms with Gasteiger partial charge in [-0.3, -0.25) is 4.79 Å². The lowest BCUT2D eigenvalue weighted by atomic mass is 10.1. The highest BCUT2D eigenvalue weighted by Crippen LogP contribution is 2.30. The van der Waals surface area contributed by atoms with Gasteiger partial charge in [0.15, 0.2) is 12.4 Å².